The minimum Gasteiger partial charge on any atom is -0.476 e. The van der Waals surface area contributed by atoms with Gasteiger partial charge in [0.25, 0.3) is 0 Å². The van der Waals surface area contributed by atoms with E-state index in [1.165, 1.54) is 25.3 Å². The molecule has 0 aliphatic rings. The van der Waals surface area contributed by atoms with Gasteiger partial charge in [-0.2, -0.15) is 0 Å². The van der Waals surface area contributed by atoms with Crippen molar-refractivity contribution in [3.8, 4) is 0 Å². The van der Waals surface area contributed by atoms with Gasteiger partial charge in [0.2, 0.25) is 5.91 Å². The molecule has 1 aromatic heterocycles. The molecule has 0 aliphatic heterocycles. The zero-order chi connectivity index (χ0) is 14.4. The fraction of sp³-hybridized carbons (Fsp3) is 0.333. The van der Waals surface area contributed by atoms with Gasteiger partial charge in [0.1, 0.15) is 0 Å². The molecular weight excluding hydrogens is 268 g/mol. The minimum atomic E-state index is -1.21. The Bertz CT molecular complexity index is 504. The maximum Gasteiger partial charge on any atom is 0.356 e. The number of anilines is 1. The van der Waals surface area contributed by atoms with Gasteiger partial charge in [0, 0.05) is 24.8 Å². The van der Waals surface area contributed by atoms with Crippen LogP contribution in [0.1, 0.15) is 24.3 Å². The summed E-state index contributed by atoms with van der Waals surface area (Å²) < 4.78 is 0. The predicted octanol–water partition coefficient (Wildman–Crippen LogP) is 1.63. The maximum atomic E-state index is 11.8. The van der Waals surface area contributed by atoms with Gasteiger partial charge in [-0.15, -0.1) is 0 Å². The number of hydrogen-bond donors (Lipinski definition) is 2. The van der Waals surface area contributed by atoms with Crippen LogP contribution in [0.25, 0.3) is 0 Å². The number of carboxylic acid groups (broad SMARTS) is 1. The SMILES string of the molecule is CC(=O)SCC(C)C(=O)Nc1cccnc1C(=O)O. The Morgan fingerprint density at radius 3 is 2.74 bits per heavy atom. The fourth-order valence-corrected chi connectivity index (χ4v) is 1.89. The highest BCUT2D eigenvalue weighted by Gasteiger charge is 2.18. The molecule has 19 heavy (non-hydrogen) atoms. The van der Waals surface area contributed by atoms with Crippen molar-refractivity contribution >= 4 is 34.4 Å². The fourth-order valence-electron chi connectivity index (χ4n) is 1.25. The van der Waals surface area contributed by atoms with E-state index in [4.69, 9.17) is 5.11 Å². The Morgan fingerprint density at radius 2 is 2.16 bits per heavy atom. The van der Waals surface area contributed by atoms with E-state index < -0.39 is 11.9 Å². The van der Waals surface area contributed by atoms with E-state index in [9.17, 15) is 14.4 Å². The summed E-state index contributed by atoms with van der Waals surface area (Å²) >= 11 is 1.06. The highest BCUT2D eigenvalue weighted by Crippen LogP contribution is 2.15. The molecule has 6 nitrogen and oxygen atoms in total. The molecule has 7 heteroatoms. The quantitative estimate of drug-likeness (QED) is 0.852. The van der Waals surface area contributed by atoms with Crippen LogP contribution in [-0.2, 0) is 9.59 Å². The molecule has 1 amide bonds. The Kier molecular flexibility index (Phi) is 5.50. The minimum absolute atomic E-state index is 0.0627. The second-order valence-corrected chi connectivity index (χ2v) is 5.09. The van der Waals surface area contributed by atoms with Gasteiger partial charge in [0.15, 0.2) is 10.8 Å². The van der Waals surface area contributed by atoms with Crippen LogP contribution in [0.3, 0.4) is 0 Å². The second-order valence-electron chi connectivity index (χ2n) is 3.90. The van der Waals surface area contributed by atoms with Crippen molar-refractivity contribution in [1.82, 2.24) is 4.98 Å². The van der Waals surface area contributed by atoms with Crippen molar-refractivity contribution in [3.63, 3.8) is 0 Å². The first kappa shape index (κ1) is 15.2. The predicted molar refractivity (Wildman–Crippen MR) is 72.1 cm³/mol. The molecule has 1 aromatic rings. The lowest BCUT2D eigenvalue weighted by Crippen LogP contribution is -2.24. The molecule has 0 fully saturated rings. The van der Waals surface area contributed by atoms with Crippen molar-refractivity contribution in [2.45, 2.75) is 13.8 Å². The second kappa shape index (κ2) is 6.89. The monoisotopic (exact) mass is 282 g/mol. The molecule has 0 aliphatic carbocycles. The number of amides is 1. The molecule has 1 heterocycles. The van der Waals surface area contributed by atoms with Crippen molar-refractivity contribution in [2.75, 3.05) is 11.1 Å². The number of hydrogen-bond acceptors (Lipinski definition) is 5. The Hall–Kier alpha value is -1.89. The Labute approximate surface area is 114 Å². The van der Waals surface area contributed by atoms with Gasteiger partial charge in [-0.25, -0.2) is 9.78 Å². The molecule has 0 saturated carbocycles. The summed E-state index contributed by atoms with van der Waals surface area (Å²) in [5, 5.41) is 11.4. The molecule has 102 valence electrons. The van der Waals surface area contributed by atoms with E-state index in [0.29, 0.717) is 5.75 Å². The summed E-state index contributed by atoms with van der Waals surface area (Å²) in [6.07, 6.45) is 1.34. The van der Waals surface area contributed by atoms with Gasteiger partial charge in [-0.05, 0) is 12.1 Å². The molecule has 0 bridgehead atoms. The number of thioether (sulfide) groups is 1. The summed E-state index contributed by atoms with van der Waals surface area (Å²) in [5.74, 6) is -1.61. The van der Waals surface area contributed by atoms with Crippen LogP contribution < -0.4 is 5.32 Å². The zero-order valence-corrected chi connectivity index (χ0v) is 11.4. The van der Waals surface area contributed by atoms with Gasteiger partial charge >= 0.3 is 5.97 Å². The number of pyridine rings is 1. The first-order chi connectivity index (χ1) is 8.91. The third-order valence-corrected chi connectivity index (χ3v) is 3.33. The third kappa shape index (κ3) is 4.70. The Balaban J connectivity index is 2.71. The molecule has 2 N–H and O–H groups in total. The van der Waals surface area contributed by atoms with Crippen molar-refractivity contribution in [1.29, 1.82) is 0 Å². The normalized spacial score (nSPS) is 11.7. The molecule has 1 unspecified atom stereocenters. The lowest BCUT2D eigenvalue weighted by atomic mass is 10.2. The molecule has 0 spiro atoms. The topological polar surface area (TPSA) is 96.4 Å². The zero-order valence-electron chi connectivity index (χ0n) is 10.5. The Morgan fingerprint density at radius 1 is 1.47 bits per heavy atom. The number of nitrogens with one attached hydrogen (secondary N) is 1. The van der Waals surface area contributed by atoms with E-state index in [2.05, 4.69) is 10.3 Å². The van der Waals surface area contributed by atoms with Gasteiger partial charge < -0.3 is 10.4 Å². The van der Waals surface area contributed by atoms with E-state index >= 15 is 0 Å². The van der Waals surface area contributed by atoms with E-state index in [-0.39, 0.29) is 22.4 Å². The van der Waals surface area contributed by atoms with E-state index in [1.807, 2.05) is 0 Å². The summed E-state index contributed by atoms with van der Waals surface area (Å²) in [4.78, 5) is 37.3. The smallest absolute Gasteiger partial charge is 0.356 e. The standard InChI is InChI=1S/C12H14N2O4S/c1-7(6-19-8(2)15)11(16)14-9-4-3-5-13-10(9)12(17)18/h3-5,7H,6H2,1-2H3,(H,14,16)(H,17,18). The van der Waals surface area contributed by atoms with Crippen LogP contribution in [0.2, 0.25) is 0 Å². The van der Waals surface area contributed by atoms with Crippen LogP contribution in [0.15, 0.2) is 18.3 Å². The highest BCUT2D eigenvalue weighted by molar-refractivity contribution is 8.13. The van der Waals surface area contributed by atoms with Crippen LogP contribution in [0.5, 0.6) is 0 Å². The average molecular weight is 282 g/mol. The van der Waals surface area contributed by atoms with Crippen LogP contribution >= 0.6 is 11.8 Å². The van der Waals surface area contributed by atoms with E-state index in [1.54, 1.807) is 6.92 Å². The number of carboxylic acids is 1. The summed E-state index contributed by atoms with van der Waals surface area (Å²) in [6, 6.07) is 3.01. The molecule has 1 atom stereocenters. The summed E-state index contributed by atoms with van der Waals surface area (Å²) in [5.41, 5.74) is -0.0538. The van der Waals surface area contributed by atoms with Gasteiger partial charge in [-0.1, -0.05) is 18.7 Å². The first-order valence-corrected chi connectivity index (χ1v) is 6.53. The first-order valence-electron chi connectivity index (χ1n) is 5.54. The largest absolute Gasteiger partial charge is 0.476 e. The molecule has 1 rings (SSSR count). The molecule has 0 aromatic carbocycles. The average Bonchev–Trinajstić information content (AvgIpc) is 2.36. The lowest BCUT2D eigenvalue weighted by Gasteiger charge is -2.12. The molecule has 0 radical (unpaired) electrons. The third-order valence-electron chi connectivity index (χ3n) is 2.25. The number of carbonyl (C=O) groups excluding carboxylic acids is 2. The van der Waals surface area contributed by atoms with Crippen molar-refractivity contribution < 1.29 is 19.5 Å². The lowest BCUT2D eigenvalue weighted by molar-refractivity contribution is -0.118. The number of aromatic carboxylic acids is 1. The van der Waals surface area contributed by atoms with Crippen LogP contribution in [0, 0.1) is 5.92 Å². The number of nitrogens with zero attached hydrogens (tertiary/aromatic N) is 1. The highest BCUT2D eigenvalue weighted by atomic mass is 32.2. The molecule has 0 saturated heterocycles. The molecular formula is C12H14N2O4S. The van der Waals surface area contributed by atoms with Crippen LogP contribution in [0.4, 0.5) is 5.69 Å². The number of rotatable bonds is 5. The maximum absolute atomic E-state index is 11.8. The van der Waals surface area contributed by atoms with E-state index in [0.717, 1.165) is 11.8 Å². The number of carbonyl (C=O) groups is 3. The van der Waals surface area contributed by atoms with Crippen molar-refractivity contribution in [2.24, 2.45) is 5.92 Å². The van der Waals surface area contributed by atoms with Gasteiger partial charge in [0.05, 0.1) is 5.69 Å². The summed E-state index contributed by atoms with van der Waals surface area (Å²) in [7, 11) is 0. The number of aromatic nitrogens is 1. The van der Waals surface area contributed by atoms with Crippen LogP contribution in [-0.4, -0.2) is 32.8 Å². The van der Waals surface area contributed by atoms with Gasteiger partial charge in [-0.3, -0.25) is 9.59 Å². The van der Waals surface area contributed by atoms with Crippen molar-refractivity contribution in [3.05, 3.63) is 24.0 Å². The summed E-state index contributed by atoms with van der Waals surface area (Å²) in [6.45, 7) is 3.10.